The molecule has 5 rings (SSSR count). The van der Waals surface area contributed by atoms with Crippen molar-refractivity contribution in [1.29, 1.82) is 0 Å². The lowest BCUT2D eigenvalue weighted by Crippen LogP contribution is -2.32. The van der Waals surface area contributed by atoms with E-state index in [1.807, 2.05) is 48.0 Å². The molecule has 6 heteroatoms. The maximum Gasteiger partial charge on any atom is 0.252 e. The van der Waals surface area contributed by atoms with E-state index in [0.717, 1.165) is 60.4 Å². The number of aryl methyl sites for hydroxylation is 1. The zero-order valence-corrected chi connectivity index (χ0v) is 16.0. The smallest absolute Gasteiger partial charge is 0.252 e. The standard InChI is InChI=1S/C22H24N4O2/c1-14-20-18(22(27)23-13-17-8-5-11-28-17)12-19(15-9-10-15)24-21(20)26(25-14)16-6-3-2-4-7-16/h2-4,6-7,12,15,17H,5,8-11,13H2,1H3,(H,23,27). The van der Waals surface area contributed by atoms with Crippen LogP contribution in [0.15, 0.2) is 36.4 Å². The van der Waals surface area contributed by atoms with Crippen molar-refractivity contribution >= 4 is 16.9 Å². The summed E-state index contributed by atoms with van der Waals surface area (Å²) in [6.07, 6.45) is 4.46. The van der Waals surface area contributed by atoms with Gasteiger partial charge in [0, 0.05) is 24.8 Å². The van der Waals surface area contributed by atoms with Crippen molar-refractivity contribution in [3.8, 4) is 5.69 Å². The molecule has 1 saturated carbocycles. The van der Waals surface area contributed by atoms with Crippen molar-refractivity contribution in [2.24, 2.45) is 0 Å². The topological polar surface area (TPSA) is 69.0 Å². The molecule has 1 aliphatic heterocycles. The van der Waals surface area contributed by atoms with Gasteiger partial charge in [-0.15, -0.1) is 0 Å². The number of pyridine rings is 1. The fourth-order valence-electron chi connectivity index (χ4n) is 3.93. The summed E-state index contributed by atoms with van der Waals surface area (Å²) in [4.78, 5) is 18.0. The van der Waals surface area contributed by atoms with Gasteiger partial charge >= 0.3 is 0 Å². The van der Waals surface area contributed by atoms with E-state index in [1.165, 1.54) is 0 Å². The largest absolute Gasteiger partial charge is 0.376 e. The molecule has 1 N–H and O–H groups in total. The third kappa shape index (κ3) is 3.18. The average molecular weight is 376 g/mol. The number of nitrogens with zero attached hydrogens (tertiary/aromatic N) is 3. The van der Waals surface area contributed by atoms with Gasteiger partial charge in [-0.3, -0.25) is 4.79 Å². The third-order valence-electron chi connectivity index (χ3n) is 5.59. The number of rotatable bonds is 5. The minimum Gasteiger partial charge on any atom is -0.376 e. The molecule has 2 aliphatic rings. The molecule has 144 valence electrons. The van der Waals surface area contributed by atoms with Crippen molar-refractivity contribution in [3.63, 3.8) is 0 Å². The van der Waals surface area contributed by atoms with Gasteiger partial charge in [0.25, 0.3) is 5.91 Å². The highest BCUT2D eigenvalue weighted by molar-refractivity contribution is 6.06. The molecule has 0 radical (unpaired) electrons. The first-order chi connectivity index (χ1) is 13.7. The van der Waals surface area contributed by atoms with E-state index in [1.54, 1.807) is 0 Å². The van der Waals surface area contributed by atoms with E-state index in [2.05, 4.69) is 5.32 Å². The molecule has 1 saturated heterocycles. The predicted octanol–water partition coefficient (Wildman–Crippen LogP) is 3.52. The number of carbonyl (C=O) groups is 1. The fourth-order valence-corrected chi connectivity index (χ4v) is 3.93. The summed E-state index contributed by atoms with van der Waals surface area (Å²) in [6, 6.07) is 11.9. The molecule has 0 spiro atoms. The van der Waals surface area contributed by atoms with Gasteiger partial charge in [0.05, 0.1) is 28.4 Å². The number of para-hydroxylation sites is 1. The van der Waals surface area contributed by atoms with Crippen LogP contribution in [0.25, 0.3) is 16.7 Å². The molecule has 6 nitrogen and oxygen atoms in total. The molecular formula is C22H24N4O2. The highest BCUT2D eigenvalue weighted by Crippen LogP contribution is 2.40. The number of carbonyl (C=O) groups excluding carboxylic acids is 1. The molecule has 1 amide bonds. The average Bonchev–Trinajstić information content (AvgIpc) is 3.34. The van der Waals surface area contributed by atoms with Crippen LogP contribution >= 0.6 is 0 Å². The highest BCUT2D eigenvalue weighted by Gasteiger charge is 2.29. The maximum absolute atomic E-state index is 13.1. The molecule has 1 unspecified atom stereocenters. The zero-order chi connectivity index (χ0) is 19.1. The molecular weight excluding hydrogens is 352 g/mol. The van der Waals surface area contributed by atoms with Gasteiger partial charge in [-0.25, -0.2) is 9.67 Å². The van der Waals surface area contributed by atoms with Gasteiger partial charge in [0.2, 0.25) is 0 Å². The molecule has 1 aromatic carbocycles. The van der Waals surface area contributed by atoms with Gasteiger partial charge < -0.3 is 10.1 Å². The Balaban J connectivity index is 1.57. The van der Waals surface area contributed by atoms with E-state index >= 15 is 0 Å². The summed E-state index contributed by atoms with van der Waals surface area (Å²) in [5.41, 5.74) is 4.19. The Kier molecular flexibility index (Phi) is 4.36. The first-order valence-electron chi connectivity index (χ1n) is 10.1. The maximum atomic E-state index is 13.1. The quantitative estimate of drug-likeness (QED) is 0.740. The van der Waals surface area contributed by atoms with Crippen LogP contribution in [0.4, 0.5) is 0 Å². The number of benzene rings is 1. The fraction of sp³-hybridized carbons (Fsp3) is 0.409. The normalized spacial score (nSPS) is 19.2. The lowest BCUT2D eigenvalue weighted by molar-refractivity contribution is 0.0859. The van der Waals surface area contributed by atoms with Crippen molar-refractivity contribution in [1.82, 2.24) is 20.1 Å². The number of amides is 1. The lowest BCUT2D eigenvalue weighted by Gasteiger charge is -2.12. The van der Waals surface area contributed by atoms with E-state index < -0.39 is 0 Å². The van der Waals surface area contributed by atoms with Gasteiger partial charge in [0.15, 0.2) is 5.65 Å². The van der Waals surface area contributed by atoms with E-state index in [4.69, 9.17) is 14.8 Å². The summed E-state index contributed by atoms with van der Waals surface area (Å²) < 4.78 is 7.50. The first kappa shape index (κ1) is 17.4. The summed E-state index contributed by atoms with van der Waals surface area (Å²) in [7, 11) is 0. The summed E-state index contributed by atoms with van der Waals surface area (Å²) >= 11 is 0. The Labute approximate surface area is 163 Å². The minimum absolute atomic E-state index is 0.0690. The van der Waals surface area contributed by atoms with Crippen molar-refractivity contribution in [2.45, 2.75) is 44.6 Å². The van der Waals surface area contributed by atoms with Crippen LogP contribution < -0.4 is 5.32 Å². The number of aromatic nitrogens is 3. The Morgan fingerprint density at radius 2 is 2.07 bits per heavy atom. The number of fused-ring (bicyclic) bond motifs is 1. The second kappa shape index (κ2) is 7.02. The molecule has 0 bridgehead atoms. The van der Waals surface area contributed by atoms with Crippen LogP contribution in [0.1, 0.15) is 53.3 Å². The number of hydrogen-bond acceptors (Lipinski definition) is 4. The minimum atomic E-state index is -0.0690. The second-order valence-corrected chi connectivity index (χ2v) is 7.75. The molecule has 28 heavy (non-hydrogen) atoms. The monoisotopic (exact) mass is 376 g/mol. The van der Waals surface area contributed by atoms with Crippen LogP contribution in [-0.4, -0.2) is 39.9 Å². The highest BCUT2D eigenvalue weighted by atomic mass is 16.5. The van der Waals surface area contributed by atoms with Crippen LogP contribution in [0.5, 0.6) is 0 Å². The Bertz CT molecular complexity index is 1020. The molecule has 3 aromatic rings. The van der Waals surface area contributed by atoms with E-state index in [0.29, 0.717) is 18.0 Å². The number of ether oxygens (including phenoxy) is 1. The van der Waals surface area contributed by atoms with E-state index in [-0.39, 0.29) is 12.0 Å². The predicted molar refractivity (Wildman–Crippen MR) is 107 cm³/mol. The van der Waals surface area contributed by atoms with Crippen LogP contribution in [0.2, 0.25) is 0 Å². The molecule has 2 aromatic heterocycles. The molecule has 1 atom stereocenters. The van der Waals surface area contributed by atoms with Gasteiger partial charge in [-0.1, -0.05) is 18.2 Å². The summed E-state index contributed by atoms with van der Waals surface area (Å²) in [6.45, 7) is 3.28. The van der Waals surface area contributed by atoms with E-state index in [9.17, 15) is 4.79 Å². The summed E-state index contributed by atoms with van der Waals surface area (Å²) in [5.74, 6) is 0.383. The molecule has 1 aliphatic carbocycles. The van der Waals surface area contributed by atoms with Crippen LogP contribution in [-0.2, 0) is 4.74 Å². The molecule has 3 heterocycles. The Morgan fingerprint density at radius 1 is 1.25 bits per heavy atom. The van der Waals surface area contributed by atoms with Gasteiger partial charge in [0.1, 0.15) is 0 Å². The number of nitrogens with one attached hydrogen (secondary N) is 1. The summed E-state index contributed by atoms with van der Waals surface area (Å²) in [5, 5.41) is 8.61. The van der Waals surface area contributed by atoms with Crippen LogP contribution in [0.3, 0.4) is 0 Å². The van der Waals surface area contributed by atoms with Gasteiger partial charge in [-0.2, -0.15) is 5.10 Å². The third-order valence-corrected chi connectivity index (χ3v) is 5.59. The zero-order valence-electron chi connectivity index (χ0n) is 16.0. The second-order valence-electron chi connectivity index (χ2n) is 7.75. The van der Waals surface area contributed by atoms with Crippen molar-refractivity contribution < 1.29 is 9.53 Å². The van der Waals surface area contributed by atoms with Crippen molar-refractivity contribution in [2.75, 3.05) is 13.2 Å². The van der Waals surface area contributed by atoms with Gasteiger partial charge in [-0.05, 0) is 50.8 Å². The Hall–Kier alpha value is -2.73. The van der Waals surface area contributed by atoms with Crippen molar-refractivity contribution in [3.05, 3.63) is 53.3 Å². The Morgan fingerprint density at radius 3 is 2.79 bits per heavy atom. The number of hydrogen-bond donors (Lipinski definition) is 1. The van der Waals surface area contributed by atoms with Crippen LogP contribution in [0, 0.1) is 6.92 Å². The lowest BCUT2D eigenvalue weighted by atomic mass is 10.1. The SMILES string of the molecule is Cc1nn(-c2ccccc2)c2nc(C3CC3)cc(C(=O)NCC3CCCO3)c12. The first-order valence-corrected chi connectivity index (χ1v) is 10.1. The molecule has 2 fully saturated rings.